The molecule has 0 spiro atoms. The Morgan fingerprint density at radius 3 is 2.44 bits per heavy atom. The van der Waals surface area contributed by atoms with Gasteiger partial charge >= 0.3 is 0 Å². The summed E-state index contributed by atoms with van der Waals surface area (Å²) in [4.78, 5) is 2.12. The van der Waals surface area contributed by atoms with Crippen molar-refractivity contribution in [3.63, 3.8) is 0 Å². The number of hydrogen-bond acceptors (Lipinski definition) is 2. The maximum atomic E-state index is 3.46. The molecule has 2 nitrogen and oxygen atoms in total. The van der Waals surface area contributed by atoms with E-state index in [1.165, 1.54) is 36.2 Å². The fraction of sp³-hybridized carbons (Fsp3) is 0.429. The van der Waals surface area contributed by atoms with E-state index in [-0.39, 0.29) is 0 Å². The van der Waals surface area contributed by atoms with Crippen LogP contribution < -0.4 is 10.2 Å². The highest BCUT2D eigenvalue weighted by Crippen LogP contribution is 2.17. The van der Waals surface area contributed by atoms with Gasteiger partial charge in [-0.1, -0.05) is 12.1 Å². The smallest absolute Gasteiger partial charge is 0.0361 e. The van der Waals surface area contributed by atoms with E-state index in [0.717, 1.165) is 6.54 Å². The van der Waals surface area contributed by atoms with Crippen molar-refractivity contribution in [1.82, 2.24) is 5.32 Å². The minimum atomic E-state index is 1.13. The summed E-state index contributed by atoms with van der Waals surface area (Å²) in [7, 11) is 4.13. The van der Waals surface area contributed by atoms with Crippen molar-refractivity contribution in [3.8, 4) is 0 Å². The summed E-state index contributed by atoms with van der Waals surface area (Å²) in [6.07, 6.45) is 6.07. The molecule has 2 rings (SSSR count). The van der Waals surface area contributed by atoms with Gasteiger partial charge in [0.05, 0.1) is 0 Å². The van der Waals surface area contributed by atoms with Gasteiger partial charge in [-0.25, -0.2) is 0 Å². The second-order valence-corrected chi connectivity index (χ2v) is 4.54. The van der Waals surface area contributed by atoms with Crippen LogP contribution in [0.3, 0.4) is 0 Å². The van der Waals surface area contributed by atoms with Crippen LogP contribution >= 0.6 is 0 Å². The first-order chi connectivity index (χ1) is 7.75. The van der Waals surface area contributed by atoms with Crippen molar-refractivity contribution >= 4 is 11.8 Å². The molecular weight excluding hydrogens is 196 g/mol. The lowest BCUT2D eigenvalue weighted by molar-refractivity contribution is 0.592. The van der Waals surface area contributed by atoms with E-state index in [2.05, 4.69) is 54.7 Å². The van der Waals surface area contributed by atoms with Crippen molar-refractivity contribution < 1.29 is 0 Å². The van der Waals surface area contributed by atoms with Crippen LogP contribution in [0.2, 0.25) is 0 Å². The lowest BCUT2D eigenvalue weighted by Crippen LogP contribution is -2.19. The van der Waals surface area contributed by atoms with Gasteiger partial charge in [0.1, 0.15) is 0 Å². The Morgan fingerprint density at radius 2 is 1.88 bits per heavy atom. The molecule has 16 heavy (non-hydrogen) atoms. The predicted molar refractivity (Wildman–Crippen MR) is 70.6 cm³/mol. The summed E-state index contributed by atoms with van der Waals surface area (Å²) < 4.78 is 0. The van der Waals surface area contributed by atoms with Crippen LogP contribution in [0, 0.1) is 0 Å². The van der Waals surface area contributed by atoms with Gasteiger partial charge < -0.3 is 10.2 Å². The highest BCUT2D eigenvalue weighted by molar-refractivity contribution is 5.57. The largest absolute Gasteiger partial charge is 0.388 e. The van der Waals surface area contributed by atoms with Gasteiger partial charge in [0.25, 0.3) is 0 Å². The molecule has 1 N–H and O–H groups in total. The molecule has 1 aromatic rings. The minimum absolute atomic E-state index is 1.13. The Hall–Kier alpha value is -1.44. The Morgan fingerprint density at radius 1 is 1.12 bits per heavy atom. The molecule has 0 atom stereocenters. The second kappa shape index (κ2) is 5.06. The van der Waals surface area contributed by atoms with Gasteiger partial charge in [0.2, 0.25) is 0 Å². The average molecular weight is 216 g/mol. The van der Waals surface area contributed by atoms with E-state index in [0.29, 0.717) is 0 Å². The fourth-order valence-corrected chi connectivity index (χ4v) is 1.97. The molecule has 1 aromatic carbocycles. The first-order valence-corrected chi connectivity index (χ1v) is 5.97. The zero-order chi connectivity index (χ0) is 11.4. The third-order valence-electron chi connectivity index (χ3n) is 2.98. The standard InChI is InChI=1S/C14H20N2/c1-16(2)14-8-6-12(7-9-14)11-13-5-3-4-10-15-13/h6-9,11,15H,3-5,10H2,1-2H3/b13-11-. The van der Waals surface area contributed by atoms with Gasteiger partial charge in [0.15, 0.2) is 0 Å². The maximum absolute atomic E-state index is 3.46. The molecule has 0 aromatic heterocycles. The van der Waals surface area contributed by atoms with E-state index in [1.807, 2.05) is 0 Å². The van der Waals surface area contributed by atoms with Gasteiger partial charge in [-0.2, -0.15) is 0 Å². The summed E-state index contributed by atoms with van der Waals surface area (Å²) in [6, 6.07) is 8.68. The zero-order valence-electron chi connectivity index (χ0n) is 10.2. The van der Waals surface area contributed by atoms with Crippen LogP contribution in [0.4, 0.5) is 5.69 Å². The first kappa shape index (κ1) is 11.1. The lowest BCUT2D eigenvalue weighted by Gasteiger charge is -2.17. The third kappa shape index (κ3) is 2.78. The molecule has 1 saturated heterocycles. The SMILES string of the molecule is CN(C)c1ccc(/C=C2/CCCCN2)cc1. The van der Waals surface area contributed by atoms with Crippen molar-refractivity contribution in [2.45, 2.75) is 19.3 Å². The van der Waals surface area contributed by atoms with Crippen molar-refractivity contribution in [2.75, 3.05) is 25.5 Å². The summed E-state index contributed by atoms with van der Waals surface area (Å²) in [5, 5.41) is 3.46. The number of nitrogens with one attached hydrogen (secondary N) is 1. The highest BCUT2D eigenvalue weighted by atomic mass is 15.1. The van der Waals surface area contributed by atoms with Crippen molar-refractivity contribution in [1.29, 1.82) is 0 Å². The number of allylic oxidation sites excluding steroid dienone is 1. The topological polar surface area (TPSA) is 15.3 Å². The lowest BCUT2D eigenvalue weighted by atomic mass is 10.1. The van der Waals surface area contributed by atoms with Gasteiger partial charge in [-0.05, 0) is 43.0 Å². The molecular formula is C14H20N2. The molecule has 0 amide bonds. The molecule has 0 bridgehead atoms. The minimum Gasteiger partial charge on any atom is -0.388 e. The Kier molecular flexibility index (Phi) is 3.50. The van der Waals surface area contributed by atoms with Gasteiger partial charge in [-0.15, -0.1) is 0 Å². The molecule has 86 valence electrons. The number of benzene rings is 1. The van der Waals surface area contributed by atoms with E-state index in [4.69, 9.17) is 0 Å². The third-order valence-corrected chi connectivity index (χ3v) is 2.98. The van der Waals surface area contributed by atoms with Crippen LogP contribution in [0.1, 0.15) is 24.8 Å². The normalized spacial score (nSPS) is 18.2. The molecule has 2 heteroatoms. The summed E-state index contributed by atoms with van der Waals surface area (Å²) in [5.74, 6) is 0. The van der Waals surface area contributed by atoms with Gasteiger partial charge in [0, 0.05) is 32.0 Å². The summed E-state index contributed by atoms with van der Waals surface area (Å²) in [6.45, 7) is 1.13. The second-order valence-electron chi connectivity index (χ2n) is 4.54. The van der Waals surface area contributed by atoms with Crippen molar-refractivity contribution in [3.05, 3.63) is 35.5 Å². The van der Waals surface area contributed by atoms with E-state index >= 15 is 0 Å². The zero-order valence-corrected chi connectivity index (χ0v) is 10.2. The molecule has 1 fully saturated rings. The molecule has 1 aliphatic heterocycles. The van der Waals surface area contributed by atoms with E-state index in [1.54, 1.807) is 0 Å². The van der Waals surface area contributed by atoms with Crippen LogP contribution in [-0.2, 0) is 0 Å². The highest BCUT2D eigenvalue weighted by Gasteiger charge is 2.03. The number of nitrogens with zero attached hydrogens (tertiary/aromatic N) is 1. The van der Waals surface area contributed by atoms with Crippen LogP contribution in [-0.4, -0.2) is 20.6 Å². The van der Waals surface area contributed by atoms with E-state index in [9.17, 15) is 0 Å². The van der Waals surface area contributed by atoms with E-state index < -0.39 is 0 Å². The van der Waals surface area contributed by atoms with Crippen molar-refractivity contribution in [2.24, 2.45) is 0 Å². The number of piperidine rings is 1. The average Bonchev–Trinajstić information content (AvgIpc) is 2.31. The number of rotatable bonds is 2. The Bertz CT molecular complexity index is 355. The predicted octanol–water partition coefficient (Wildman–Crippen LogP) is 2.87. The summed E-state index contributed by atoms with van der Waals surface area (Å²) >= 11 is 0. The van der Waals surface area contributed by atoms with Crippen LogP contribution in [0.25, 0.3) is 6.08 Å². The molecule has 0 radical (unpaired) electrons. The Labute approximate surface area is 98.0 Å². The van der Waals surface area contributed by atoms with Crippen LogP contribution in [0.5, 0.6) is 0 Å². The maximum Gasteiger partial charge on any atom is 0.0361 e. The number of hydrogen-bond donors (Lipinski definition) is 1. The first-order valence-electron chi connectivity index (χ1n) is 5.97. The van der Waals surface area contributed by atoms with Gasteiger partial charge in [-0.3, -0.25) is 0 Å². The molecule has 1 aliphatic rings. The number of anilines is 1. The molecule has 0 saturated carbocycles. The fourth-order valence-electron chi connectivity index (χ4n) is 1.97. The quantitative estimate of drug-likeness (QED) is 0.817. The Balaban J connectivity index is 2.09. The monoisotopic (exact) mass is 216 g/mol. The molecule has 0 aliphatic carbocycles. The van der Waals surface area contributed by atoms with Crippen LogP contribution in [0.15, 0.2) is 30.0 Å². The molecule has 1 heterocycles. The molecule has 0 unspecified atom stereocenters. The summed E-state index contributed by atoms with van der Waals surface area (Å²) in [5.41, 5.74) is 3.91.